The Hall–Kier alpha value is -2.22. The molecule has 2 heterocycles. The third-order valence-corrected chi connectivity index (χ3v) is 7.59. The van der Waals surface area contributed by atoms with Crippen LogP contribution >= 0.6 is 23.1 Å². The van der Waals surface area contributed by atoms with Gasteiger partial charge in [-0.15, -0.1) is 10.2 Å². The smallest absolute Gasteiger partial charge is 0.257 e. The van der Waals surface area contributed by atoms with Crippen molar-refractivity contribution >= 4 is 34.1 Å². The van der Waals surface area contributed by atoms with Gasteiger partial charge in [-0.25, -0.2) is 0 Å². The molecule has 4 rings (SSSR count). The van der Waals surface area contributed by atoms with Crippen LogP contribution < -0.4 is 5.32 Å². The van der Waals surface area contributed by atoms with Gasteiger partial charge in [-0.3, -0.25) is 15.0 Å². The lowest BCUT2D eigenvalue weighted by Crippen LogP contribution is -2.33. The molecule has 168 valence electrons. The molecule has 1 aliphatic rings. The van der Waals surface area contributed by atoms with Crippen LogP contribution in [0.1, 0.15) is 48.2 Å². The Labute approximate surface area is 198 Å². The van der Waals surface area contributed by atoms with E-state index in [0.717, 1.165) is 29.9 Å². The highest BCUT2D eigenvalue weighted by atomic mass is 32.2. The molecule has 1 fully saturated rings. The van der Waals surface area contributed by atoms with E-state index >= 15 is 0 Å². The van der Waals surface area contributed by atoms with E-state index in [1.807, 2.05) is 12.1 Å². The van der Waals surface area contributed by atoms with Crippen LogP contribution in [0, 0.1) is 5.92 Å². The molecule has 2 aromatic carbocycles. The molecule has 1 N–H and O–H groups in total. The molecule has 1 amide bonds. The van der Waals surface area contributed by atoms with Crippen molar-refractivity contribution in [3.8, 4) is 0 Å². The second-order valence-corrected chi connectivity index (χ2v) is 11.4. The average molecular weight is 467 g/mol. The number of piperidine rings is 1. The zero-order valence-corrected chi connectivity index (χ0v) is 20.3. The number of amides is 1. The predicted octanol–water partition coefficient (Wildman–Crippen LogP) is 5.75. The van der Waals surface area contributed by atoms with Crippen molar-refractivity contribution in [2.45, 2.75) is 49.2 Å². The van der Waals surface area contributed by atoms with Crippen LogP contribution in [0.3, 0.4) is 0 Å². The summed E-state index contributed by atoms with van der Waals surface area (Å²) in [6, 6.07) is 18.7. The van der Waals surface area contributed by atoms with Crippen molar-refractivity contribution < 1.29 is 4.79 Å². The van der Waals surface area contributed by atoms with Gasteiger partial charge in [0.1, 0.15) is 0 Å². The van der Waals surface area contributed by atoms with E-state index in [2.05, 4.69) is 76.7 Å². The number of nitrogens with zero attached hydrogens (tertiary/aromatic N) is 3. The maximum Gasteiger partial charge on any atom is 0.257 e. The SMILES string of the molecule is CC(C)Sc1nnc(NC(=O)c2ccc(CN3CCC(Cc4ccccc4)CC3)cc2)s1. The van der Waals surface area contributed by atoms with Gasteiger partial charge < -0.3 is 0 Å². The Kier molecular flexibility index (Phi) is 7.95. The molecule has 0 saturated carbocycles. The molecule has 3 aromatic rings. The third-order valence-electron chi connectivity index (χ3n) is 5.66. The standard InChI is InChI=1S/C25H30N4OS2/c1-18(2)31-25-28-27-24(32-25)26-23(30)22-10-8-21(9-11-22)17-29-14-12-20(13-15-29)16-19-6-4-3-5-7-19/h3-11,18,20H,12-17H2,1-2H3,(H,26,27,30). The highest BCUT2D eigenvalue weighted by Gasteiger charge is 2.19. The summed E-state index contributed by atoms with van der Waals surface area (Å²) in [5, 5.41) is 12.0. The summed E-state index contributed by atoms with van der Waals surface area (Å²) in [6.45, 7) is 7.42. The van der Waals surface area contributed by atoms with Gasteiger partial charge in [-0.1, -0.05) is 79.4 Å². The van der Waals surface area contributed by atoms with Gasteiger partial charge in [0.25, 0.3) is 5.91 Å². The quantitative estimate of drug-likeness (QED) is 0.339. The first-order valence-corrected chi connectivity index (χ1v) is 12.9. The van der Waals surface area contributed by atoms with E-state index in [1.165, 1.54) is 41.7 Å². The first-order chi connectivity index (χ1) is 15.5. The van der Waals surface area contributed by atoms with E-state index in [1.54, 1.807) is 11.8 Å². The van der Waals surface area contributed by atoms with E-state index in [-0.39, 0.29) is 5.91 Å². The number of hydrogen-bond donors (Lipinski definition) is 1. The molecular formula is C25H30N4OS2. The van der Waals surface area contributed by atoms with Gasteiger partial charge in [0.05, 0.1) is 0 Å². The largest absolute Gasteiger partial charge is 0.299 e. The van der Waals surface area contributed by atoms with Gasteiger partial charge in [-0.2, -0.15) is 0 Å². The molecule has 5 nitrogen and oxygen atoms in total. The lowest BCUT2D eigenvalue weighted by Gasteiger charge is -2.32. The highest BCUT2D eigenvalue weighted by molar-refractivity contribution is 8.01. The zero-order chi connectivity index (χ0) is 22.3. The Morgan fingerprint density at radius 1 is 1.06 bits per heavy atom. The summed E-state index contributed by atoms with van der Waals surface area (Å²) in [6.07, 6.45) is 3.67. The third kappa shape index (κ3) is 6.64. The number of carbonyl (C=O) groups excluding carboxylic acids is 1. The van der Waals surface area contributed by atoms with Gasteiger partial charge >= 0.3 is 0 Å². The molecule has 0 unspecified atom stereocenters. The lowest BCUT2D eigenvalue weighted by molar-refractivity contribution is 0.102. The summed E-state index contributed by atoms with van der Waals surface area (Å²) >= 11 is 3.06. The topological polar surface area (TPSA) is 58.1 Å². The number of anilines is 1. The van der Waals surface area contributed by atoms with Crippen LogP contribution in [0.2, 0.25) is 0 Å². The minimum Gasteiger partial charge on any atom is -0.299 e. The van der Waals surface area contributed by atoms with Gasteiger partial charge in [0.2, 0.25) is 5.13 Å². The summed E-state index contributed by atoms with van der Waals surface area (Å²) < 4.78 is 0.873. The molecule has 0 aliphatic carbocycles. The van der Waals surface area contributed by atoms with E-state index in [0.29, 0.717) is 15.9 Å². The molecule has 32 heavy (non-hydrogen) atoms. The molecule has 1 aliphatic heterocycles. The molecule has 0 spiro atoms. The van der Waals surface area contributed by atoms with Crippen LogP contribution in [0.25, 0.3) is 0 Å². The second-order valence-electron chi connectivity index (χ2n) is 8.60. The van der Waals surface area contributed by atoms with E-state index < -0.39 is 0 Å². The number of hydrogen-bond acceptors (Lipinski definition) is 6. The Morgan fingerprint density at radius 3 is 2.47 bits per heavy atom. The fourth-order valence-corrected chi connectivity index (χ4v) is 5.96. The molecule has 1 saturated heterocycles. The number of nitrogens with one attached hydrogen (secondary N) is 1. The number of rotatable bonds is 8. The molecule has 7 heteroatoms. The van der Waals surface area contributed by atoms with Crippen molar-refractivity contribution in [3.63, 3.8) is 0 Å². The number of thioether (sulfide) groups is 1. The molecule has 0 bridgehead atoms. The number of carbonyl (C=O) groups is 1. The van der Waals surface area contributed by atoms with Crippen LogP contribution in [-0.2, 0) is 13.0 Å². The maximum atomic E-state index is 12.5. The number of benzene rings is 2. The Morgan fingerprint density at radius 2 is 1.78 bits per heavy atom. The highest BCUT2D eigenvalue weighted by Crippen LogP contribution is 2.28. The van der Waals surface area contributed by atoms with Crippen LogP contribution in [-0.4, -0.2) is 39.3 Å². The van der Waals surface area contributed by atoms with Gasteiger partial charge in [0, 0.05) is 17.4 Å². The first kappa shape index (κ1) is 23.0. The summed E-state index contributed by atoms with van der Waals surface area (Å²) in [5.41, 5.74) is 3.33. The minimum atomic E-state index is -0.143. The normalized spacial score (nSPS) is 15.2. The van der Waals surface area contributed by atoms with Crippen molar-refractivity contribution in [3.05, 3.63) is 71.3 Å². The van der Waals surface area contributed by atoms with Crippen molar-refractivity contribution in [1.82, 2.24) is 15.1 Å². The average Bonchev–Trinajstić information content (AvgIpc) is 3.22. The van der Waals surface area contributed by atoms with Crippen LogP contribution in [0.5, 0.6) is 0 Å². The van der Waals surface area contributed by atoms with Crippen LogP contribution in [0.15, 0.2) is 58.9 Å². The predicted molar refractivity (Wildman–Crippen MR) is 133 cm³/mol. The van der Waals surface area contributed by atoms with Gasteiger partial charge in [-0.05, 0) is 61.5 Å². The van der Waals surface area contributed by atoms with Crippen molar-refractivity contribution in [1.29, 1.82) is 0 Å². The fourth-order valence-electron chi connectivity index (χ4n) is 3.99. The molecule has 1 aromatic heterocycles. The first-order valence-electron chi connectivity index (χ1n) is 11.2. The second kappa shape index (κ2) is 11.1. The maximum absolute atomic E-state index is 12.5. The zero-order valence-electron chi connectivity index (χ0n) is 18.7. The van der Waals surface area contributed by atoms with Crippen molar-refractivity contribution in [2.24, 2.45) is 5.92 Å². The minimum absolute atomic E-state index is 0.143. The lowest BCUT2D eigenvalue weighted by atomic mass is 9.90. The van der Waals surface area contributed by atoms with Crippen LogP contribution in [0.4, 0.5) is 5.13 Å². The monoisotopic (exact) mass is 466 g/mol. The summed E-state index contributed by atoms with van der Waals surface area (Å²) in [7, 11) is 0. The van der Waals surface area contributed by atoms with E-state index in [4.69, 9.17) is 0 Å². The van der Waals surface area contributed by atoms with E-state index in [9.17, 15) is 4.79 Å². The Bertz CT molecular complexity index is 996. The Balaban J connectivity index is 1.24. The molecule has 0 radical (unpaired) electrons. The fraction of sp³-hybridized carbons (Fsp3) is 0.400. The number of aromatic nitrogens is 2. The van der Waals surface area contributed by atoms with Gasteiger partial charge in [0.15, 0.2) is 4.34 Å². The van der Waals surface area contributed by atoms with Crippen molar-refractivity contribution in [2.75, 3.05) is 18.4 Å². The summed E-state index contributed by atoms with van der Waals surface area (Å²) in [5.74, 6) is 0.634. The molecule has 0 atom stereocenters. The number of likely N-dealkylation sites (tertiary alicyclic amines) is 1. The molecular weight excluding hydrogens is 436 g/mol. The summed E-state index contributed by atoms with van der Waals surface area (Å²) in [4.78, 5) is 15.1.